The fourth-order valence-electron chi connectivity index (χ4n) is 1.66. The van der Waals surface area contributed by atoms with Crippen molar-refractivity contribution < 1.29 is 0 Å². The number of benzene rings is 1. The molecule has 2 rings (SSSR count). The third kappa shape index (κ3) is 2.95. The number of nitrogens with one attached hydrogen (secondary N) is 2. The molecule has 0 spiro atoms. The second kappa shape index (κ2) is 5.77. The van der Waals surface area contributed by atoms with Crippen LogP contribution in [0.25, 0.3) is 10.9 Å². The van der Waals surface area contributed by atoms with Gasteiger partial charge in [-0.15, -0.1) is 0 Å². The van der Waals surface area contributed by atoms with Gasteiger partial charge in [0.2, 0.25) is 5.95 Å². The first-order valence-electron chi connectivity index (χ1n) is 5.73. The molecule has 0 unspecified atom stereocenters. The quantitative estimate of drug-likeness (QED) is 0.565. The van der Waals surface area contributed by atoms with Crippen LogP contribution in [0.5, 0.6) is 0 Å². The Hall–Kier alpha value is -1.69. The molecule has 1 aromatic carbocycles. The summed E-state index contributed by atoms with van der Waals surface area (Å²) in [5.41, 5.74) is 6.70. The van der Waals surface area contributed by atoms with E-state index in [1.807, 2.05) is 0 Å². The Morgan fingerprint density at radius 3 is 3.11 bits per heavy atom. The van der Waals surface area contributed by atoms with Crippen LogP contribution in [0.15, 0.2) is 23.0 Å². The Morgan fingerprint density at radius 2 is 2.33 bits per heavy atom. The van der Waals surface area contributed by atoms with Gasteiger partial charge in [-0.1, -0.05) is 0 Å². The van der Waals surface area contributed by atoms with Crippen LogP contribution in [0.1, 0.15) is 6.42 Å². The molecule has 0 saturated heterocycles. The van der Waals surface area contributed by atoms with E-state index in [2.05, 4.69) is 21.5 Å². The molecule has 1 aromatic heterocycles. The predicted octanol–water partition coefficient (Wildman–Crippen LogP) is 1.67. The molecule has 18 heavy (non-hydrogen) atoms. The zero-order valence-corrected chi connectivity index (χ0v) is 11.0. The topological polar surface area (TPSA) is 83.8 Å². The van der Waals surface area contributed by atoms with Gasteiger partial charge in [-0.05, 0) is 36.6 Å². The molecule has 0 saturated carbocycles. The van der Waals surface area contributed by atoms with Crippen molar-refractivity contribution in [1.82, 2.24) is 9.97 Å². The van der Waals surface area contributed by atoms with Crippen molar-refractivity contribution in [3.05, 3.63) is 28.6 Å². The number of nitrogens with two attached hydrogens (primary N) is 1. The molecule has 0 aliphatic heterocycles. The molecule has 0 amide bonds. The van der Waals surface area contributed by atoms with Crippen LogP contribution in [-0.2, 0) is 0 Å². The third-order valence-electron chi connectivity index (χ3n) is 2.55. The van der Waals surface area contributed by atoms with Gasteiger partial charge >= 0.3 is 0 Å². The van der Waals surface area contributed by atoms with Crippen molar-refractivity contribution in [2.75, 3.05) is 29.6 Å². The highest BCUT2D eigenvalue weighted by atomic mass is 32.2. The first kappa shape index (κ1) is 12.8. The summed E-state index contributed by atoms with van der Waals surface area (Å²) in [5.74, 6) is 1.60. The van der Waals surface area contributed by atoms with Crippen molar-refractivity contribution >= 4 is 34.3 Å². The molecule has 5 nitrogen and oxygen atoms in total. The summed E-state index contributed by atoms with van der Waals surface area (Å²) >= 11 is 1.80. The van der Waals surface area contributed by atoms with Gasteiger partial charge in [-0.25, -0.2) is 4.98 Å². The van der Waals surface area contributed by atoms with Gasteiger partial charge < -0.3 is 11.1 Å². The second-order valence-electron chi connectivity index (χ2n) is 3.96. The van der Waals surface area contributed by atoms with E-state index in [4.69, 9.17) is 5.73 Å². The standard InChI is InChI=1S/C12H16N4OS/c1-18-6-2-5-14-12-15-10-4-3-8(13)7-9(10)11(17)16-12/h3-4,7H,2,5-6,13H2,1H3,(H2,14,15,16,17). The van der Waals surface area contributed by atoms with E-state index in [1.54, 1.807) is 30.0 Å². The maximum atomic E-state index is 11.8. The van der Waals surface area contributed by atoms with Crippen LogP contribution in [0.4, 0.5) is 11.6 Å². The fraction of sp³-hybridized carbons (Fsp3) is 0.333. The number of aromatic amines is 1. The van der Waals surface area contributed by atoms with Crippen LogP contribution in [0.3, 0.4) is 0 Å². The Bertz CT molecular complexity index is 596. The number of nitrogens with zero attached hydrogens (tertiary/aromatic N) is 1. The lowest BCUT2D eigenvalue weighted by Gasteiger charge is -2.06. The second-order valence-corrected chi connectivity index (χ2v) is 4.95. The first-order chi connectivity index (χ1) is 8.70. The maximum absolute atomic E-state index is 11.8. The van der Waals surface area contributed by atoms with Gasteiger partial charge in [0.25, 0.3) is 5.56 Å². The molecule has 0 bridgehead atoms. The molecule has 96 valence electrons. The van der Waals surface area contributed by atoms with Crippen molar-refractivity contribution in [3.63, 3.8) is 0 Å². The minimum atomic E-state index is -0.167. The Morgan fingerprint density at radius 1 is 1.50 bits per heavy atom. The van der Waals surface area contributed by atoms with E-state index >= 15 is 0 Å². The summed E-state index contributed by atoms with van der Waals surface area (Å²) in [7, 11) is 0. The normalized spacial score (nSPS) is 10.7. The third-order valence-corrected chi connectivity index (χ3v) is 3.24. The summed E-state index contributed by atoms with van der Waals surface area (Å²) in [6.45, 7) is 0.796. The molecule has 0 radical (unpaired) electrons. The molecule has 0 fully saturated rings. The average Bonchev–Trinajstić information content (AvgIpc) is 2.36. The van der Waals surface area contributed by atoms with Gasteiger partial charge in [-0.2, -0.15) is 11.8 Å². The number of H-pyrrole nitrogens is 1. The lowest BCUT2D eigenvalue weighted by molar-refractivity contribution is 0.964. The summed E-state index contributed by atoms with van der Waals surface area (Å²) < 4.78 is 0. The summed E-state index contributed by atoms with van der Waals surface area (Å²) in [4.78, 5) is 18.9. The number of hydrogen-bond acceptors (Lipinski definition) is 5. The summed E-state index contributed by atoms with van der Waals surface area (Å²) in [6.07, 6.45) is 3.10. The van der Waals surface area contributed by atoms with Gasteiger partial charge in [0.1, 0.15) is 0 Å². The van der Waals surface area contributed by atoms with Gasteiger partial charge in [0, 0.05) is 12.2 Å². The minimum Gasteiger partial charge on any atom is -0.399 e. The molecule has 0 aliphatic carbocycles. The summed E-state index contributed by atoms with van der Waals surface area (Å²) in [6, 6.07) is 5.14. The van der Waals surface area contributed by atoms with Gasteiger partial charge in [-0.3, -0.25) is 9.78 Å². The average molecular weight is 264 g/mol. The van der Waals surface area contributed by atoms with Gasteiger partial charge in [0.05, 0.1) is 10.9 Å². The number of aromatic nitrogens is 2. The smallest absolute Gasteiger partial charge is 0.260 e. The van der Waals surface area contributed by atoms with Crippen molar-refractivity contribution in [1.29, 1.82) is 0 Å². The molecule has 0 atom stereocenters. The molecule has 1 heterocycles. The lowest BCUT2D eigenvalue weighted by Crippen LogP contribution is -2.14. The monoisotopic (exact) mass is 264 g/mol. The van der Waals surface area contributed by atoms with Crippen LogP contribution >= 0.6 is 11.8 Å². The van der Waals surface area contributed by atoms with E-state index < -0.39 is 0 Å². The van der Waals surface area contributed by atoms with Crippen LogP contribution in [0.2, 0.25) is 0 Å². The van der Waals surface area contributed by atoms with E-state index in [0.717, 1.165) is 18.7 Å². The highest BCUT2D eigenvalue weighted by molar-refractivity contribution is 7.98. The highest BCUT2D eigenvalue weighted by Gasteiger charge is 2.03. The molecular weight excluding hydrogens is 248 g/mol. The van der Waals surface area contributed by atoms with Crippen molar-refractivity contribution in [3.8, 4) is 0 Å². The van der Waals surface area contributed by atoms with E-state index in [9.17, 15) is 4.79 Å². The van der Waals surface area contributed by atoms with Crippen LogP contribution in [-0.4, -0.2) is 28.5 Å². The van der Waals surface area contributed by atoms with Crippen LogP contribution < -0.4 is 16.6 Å². The van der Waals surface area contributed by atoms with E-state index in [-0.39, 0.29) is 5.56 Å². The number of hydrogen-bond donors (Lipinski definition) is 3. The SMILES string of the molecule is CSCCCNc1nc2ccc(N)cc2c(=O)[nH]1. The Balaban J connectivity index is 2.21. The Labute approximate surface area is 109 Å². The molecular formula is C12H16N4OS. The highest BCUT2D eigenvalue weighted by Crippen LogP contribution is 2.12. The number of rotatable bonds is 5. The first-order valence-corrected chi connectivity index (χ1v) is 7.12. The van der Waals surface area contributed by atoms with Gasteiger partial charge in [0.15, 0.2) is 0 Å². The fourth-order valence-corrected chi connectivity index (χ4v) is 2.10. The van der Waals surface area contributed by atoms with E-state index in [0.29, 0.717) is 22.5 Å². The Kier molecular flexibility index (Phi) is 4.09. The number of fused-ring (bicyclic) bond motifs is 1. The largest absolute Gasteiger partial charge is 0.399 e. The molecule has 2 aromatic rings. The van der Waals surface area contributed by atoms with Crippen molar-refractivity contribution in [2.24, 2.45) is 0 Å². The maximum Gasteiger partial charge on any atom is 0.260 e. The lowest BCUT2D eigenvalue weighted by atomic mass is 10.2. The number of anilines is 2. The zero-order chi connectivity index (χ0) is 13.0. The summed E-state index contributed by atoms with van der Waals surface area (Å²) in [5, 5.41) is 3.63. The van der Waals surface area contributed by atoms with E-state index in [1.165, 1.54) is 0 Å². The van der Waals surface area contributed by atoms with Crippen LogP contribution in [0, 0.1) is 0 Å². The predicted molar refractivity (Wildman–Crippen MR) is 78.3 cm³/mol. The number of nitrogen functional groups attached to an aromatic ring is 1. The minimum absolute atomic E-state index is 0.167. The van der Waals surface area contributed by atoms with Crippen molar-refractivity contribution in [2.45, 2.75) is 6.42 Å². The zero-order valence-electron chi connectivity index (χ0n) is 10.2. The molecule has 0 aliphatic rings. The molecule has 4 N–H and O–H groups in total. The number of thioether (sulfide) groups is 1. The molecule has 6 heteroatoms.